The lowest BCUT2D eigenvalue weighted by atomic mass is 9.90. The highest BCUT2D eigenvalue weighted by Crippen LogP contribution is 2.32. The average molecular weight is 296 g/mol. The molecule has 0 aromatic heterocycles. The van der Waals surface area contributed by atoms with E-state index >= 15 is 0 Å². The third-order valence-corrected chi connectivity index (χ3v) is 6.06. The molecular formula is C15H24N2O2S. The molecule has 0 saturated carbocycles. The van der Waals surface area contributed by atoms with Gasteiger partial charge >= 0.3 is 0 Å². The molecule has 1 aromatic carbocycles. The lowest BCUT2D eigenvalue weighted by Gasteiger charge is -2.22. The van der Waals surface area contributed by atoms with E-state index < -0.39 is 10.0 Å². The van der Waals surface area contributed by atoms with Gasteiger partial charge < -0.3 is 5.73 Å². The molecular weight excluding hydrogens is 272 g/mol. The van der Waals surface area contributed by atoms with Crippen molar-refractivity contribution >= 4 is 10.0 Å². The van der Waals surface area contributed by atoms with E-state index in [0.29, 0.717) is 30.4 Å². The van der Waals surface area contributed by atoms with Crippen molar-refractivity contribution in [3.05, 3.63) is 29.8 Å². The summed E-state index contributed by atoms with van der Waals surface area (Å²) < 4.78 is 26.8. The van der Waals surface area contributed by atoms with Crippen LogP contribution in [0, 0.1) is 5.41 Å². The molecule has 0 bridgehead atoms. The summed E-state index contributed by atoms with van der Waals surface area (Å²) in [6.07, 6.45) is 0.826. The second kappa shape index (κ2) is 5.47. The second-order valence-electron chi connectivity index (χ2n) is 6.33. The SMILES string of the molecule is CC(C)c1ccc(S(=O)(=O)N2CCC(C)(CN)C2)cc1. The first-order valence-electron chi connectivity index (χ1n) is 7.09. The molecule has 1 saturated heterocycles. The molecule has 4 nitrogen and oxygen atoms in total. The van der Waals surface area contributed by atoms with Crippen molar-refractivity contribution < 1.29 is 8.42 Å². The summed E-state index contributed by atoms with van der Waals surface area (Å²) in [5, 5.41) is 0. The summed E-state index contributed by atoms with van der Waals surface area (Å²) in [6.45, 7) is 7.82. The quantitative estimate of drug-likeness (QED) is 0.926. The zero-order valence-corrected chi connectivity index (χ0v) is 13.3. The molecule has 2 N–H and O–H groups in total. The highest BCUT2D eigenvalue weighted by atomic mass is 32.2. The highest BCUT2D eigenvalue weighted by molar-refractivity contribution is 7.89. The fourth-order valence-corrected chi connectivity index (χ4v) is 4.12. The zero-order chi connectivity index (χ0) is 15.0. The largest absolute Gasteiger partial charge is 0.330 e. The molecule has 1 aromatic rings. The summed E-state index contributed by atoms with van der Waals surface area (Å²) in [5.74, 6) is 0.402. The Morgan fingerprint density at radius 3 is 2.35 bits per heavy atom. The maximum absolute atomic E-state index is 12.6. The molecule has 0 aliphatic carbocycles. The van der Waals surface area contributed by atoms with Crippen molar-refractivity contribution in [3.63, 3.8) is 0 Å². The van der Waals surface area contributed by atoms with E-state index in [0.717, 1.165) is 12.0 Å². The third-order valence-electron chi connectivity index (χ3n) is 4.20. The van der Waals surface area contributed by atoms with Crippen molar-refractivity contribution in [2.45, 2.75) is 38.0 Å². The van der Waals surface area contributed by atoms with Gasteiger partial charge in [-0.15, -0.1) is 0 Å². The number of benzene rings is 1. The Labute approximate surface area is 122 Å². The molecule has 1 aliphatic heterocycles. The van der Waals surface area contributed by atoms with E-state index in [1.165, 1.54) is 0 Å². The summed E-state index contributed by atoms with van der Waals surface area (Å²) in [6, 6.07) is 7.22. The van der Waals surface area contributed by atoms with Gasteiger partial charge in [0, 0.05) is 13.1 Å². The summed E-state index contributed by atoms with van der Waals surface area (Å²) >= 11 is 0. The van der Waals surface area contributed by atoms with E-state index in [1.807, 2.05) is 19.1 Å². The van der Waals surface area contributed by atoms with Gasteiger partial charge in [0.1, 0.15) is 0 Å². The Bertz CT molecular complexity index is 566. The maximum Gasteiger partial charge on any atom is 0.243 e. The van der Waals surface area contributed by atoms with Crippen LogP contribution in [0.5, 0.6) is 0 Å². The number of rotatable bonds is 4. The monoisotopic (exact) mass is 296 g/mol. The van der Waals surface area contributed by atoms with Gasteiger partial charge in [0.15, 0.2) is 0 Å². The van der Waals surface area contributed by atoms with E-state index in [1.54, 1.807) is 16.4 Å². The van der Waals surface area contributed by atoms with Gasteiger partial charge in [-0.2, -0.15) is 4.31 Å². The molecule has 2 rings (SSSR count). The number of sulfonamides is 1. The first kappa shape index (κ1) is 15.5. The first-order chi connectivity index (χ1) is 9.28. The third kappa shape index (κ3) is 2.90. The van der Waals surface area contributed by atoms with Crippen LogP contribution in [0.25, 0.3) is 0 Å². The van der Waals surface area contributed by atoms with E-state index in [9.17, 15) is 8.42 Å². The molecule has 20 heavy (non-hydrogen) atoms. The van der Waals surface area contributed by atoms with Gasteiger partial charge in [0.05, 0.1) is 4.90 Å². The fraction of sp³-hybridized carbons (Fsp3) is 0.600. The Kier molecular flexibility index (Phi) is 4.23. The van der Waals surface area contributed by atoms with Crippen LogP contribution in [0.3, 0.4) is 0 Å². The van der Waals surface area contributed by atoms with Crippen LogP contribution in [-0.2, 0) is 10.0 Å². The standard InChI is InChI=1S/C15H24N2O2S/c1-12(2)13-4-6-14(7-5-13)20(18,19)17-9-8-15(3,10-16)11-17/h4-7,12H,8-11,16H2,1-3H3. The Morgan fingerprint density at radius 1 is 1.30 bits per heavy atom. The van der Waals surface area contributed by atoms with Crippen molar-refractivity contribution in [1.29, 1.82) is 0 Å². The minimum Gasteiger partial charge on any atom is -0.330 e. The van der Waals surface area contributed by atoms with Gasteiger partial charge in [-0.1, -0.05) is 32.9 Å². The molecule has 1 aliphatic rings. The lowest BCUT2D eigenvalue weighted by molar-refractivity contribution is 0.349. The minimum atomic E-state index is -3.38. The average Bonchev–Trinajstić information content (AvgIpc) is 2.83. The van der Waals surface area contributed by atoms with Gasteiger partial charge in [-0.3, -0.25) is 0 Å². The molecule has 5 heteroatoms. The van der Waals surface area contributed by atoms with Crippen molar-refractivity contribution in [3.8, 4) is 0 Å². The van der Waals surface area contributed by atoms with Crippen LogP contribution in [0.1, 0.15) is 38.7 Å². The summed E-state index contributed by atoms with van der Waals surface area (Å²) in [4.78, 5) is 0.378. The van der Waals surface area contributed by atoms with Crippen LogP contribution in [0.15, 0.2) is 29.2 Å². The van der Waals surface area contributed by atoms with Crippen LogP contribution in [-0.4, -0.2) is 32.4 Å². The normalized spacial score (nSPS) is 24.4. The number of nitrogens with zero attached hydrogens (tertiary/aromatic N) is 1. The van der Waals surface area contributed by atoms with E-state index in [-0.39, 0.29) is 5.41 Å². The topological polar surface area (TPSA) is 63.4 Å². The van der Waals surface area contributed by atoms with Crippen LogP contribution in [0.4, 0.5) is 0 Å². The number of hydrogen-bond donors (Lipinski definition) is 1. The van der Waals surface area contributed by atoms with Gasteiger partial charge in [-0.25, -0.2) is 8.42 Å². The van der Waals surface area contributed by atoms with Gasteiger partial charge in [0.2, 0.25) is 10.0 Å². The predicted molar refractivity (Wildman–Crippen MR) is 81.1 cm³/mol. The van der Waals surface area contributed by atoms with Crippen LogP contribution < -0.4 is 5.73 Å². The predicted octanol–water partition coefficient (Wildman–Crippen LogP) is 2.17. The molecule has 0 radical (unpaired) electrons. The number of nitrogens with two attached hydrogens (primary N) is 1. The smallest absolute Gasteiger partial charge is 0.243 e. The van der Waals surface area contributed by atoms with Gasteiger partial charge in [-0.05, 0) is 42.0 Å². The van der Waals surface area contributed by atoms with Crippen molar-refractivity contribution in [2.75, 3.05) is 19.6 Å². The molecule has 0 spiro atoms. The molecule has 1 unspecified atom stereocenters. The number of hydrogen-bond acceptors (Lipinski definition) is 3. The Morgan fingerprint density at radius 2 is 1.90 bits per heavy atom. The minimum absolute atomic E-state index is 0.0923. The maximum atomic E-state index is 12.6. The second-order valence-corrected chi connectivity index (χ2v) is 8.27. The molecule has 112 valence electrons. The van der Waals surface area contributed by atoms with Crippen molar-refractivity contribution in [2.24, 2.45) is 11.1 Å². The fourth-order valence-electron chi connectivity index (χ4n) is 2.52. The van der Waals surface area contributed by atoms with Gasteiger partial charge in [0.25, 0.3) is 0 Å². The first-order valence-corrected chi connectivity index (χ1v) is 8.53. The molecule has 1 fully saturated rings. The van der Waals surface area contributed by atoms with E-state index in [4.69, 9.17) is 5.73 Å². The Balaban J connectivity index is 2.23. The zero-order valence-electron chi connectivity index (χ0n) is 12.5. The molecule has 1 heterocycles. The van der Waals surface area contributed by atoms with Crippen LogP contribution >= 0.6 is 0 Å². The molecule has 0 amide bonds. The van der Waals surface area contributed by atoms with E-state index in [2.05, 4.69) is 13.8 Å². The Hall–Kier alpha value is -0.910. The highest BCUT2D eigenvalue weighted by Gasteiger charge is 2.38. The molecule has 1 atom stereocenters. The lowest BCUT2D eigenvalue weighted by Crippen LogP contribution is -2.34. The summed E-state index contributed by atoms with van der Waals surface area (Å²) in [7, 11) is -3.38. The summed E-state index contributed by atoms with van der Waals surface area (Å²) in [5.41, 5.74) is 6.80. The van der Waals surface area contributed by atoms with Crippen molar-refractivity contribution in [1.82, 2.24) is 4.31 Å². The van der Waals surface area contributed by atoms with Crippen LogP contribution in [0.2, 0.25) is 0 Å².